The van der Waals surface area contributed by atoms with Gasteiger partial charge in [-0.05, 0) is 23.3 Å². The van der Waals surface area contributed by atoms with Crippen LogP contribution in [-0.4, -0.2) is 5.21 Å². The molecule has 0 saturated heterocycles. The molecule has 2 rings (SSSR count). The van der Waals surface area contributed by atoms with Crippen molar-refractivity contribution in [3.8, 4) is 11.1 Å². The summed E-state index contributed by atoms with van der Waals surface area (Å²) in [6.45, 7) is 0.0665. The van der Waals surface area contributed by atoms with Crippen molar-refractivity contribution in [2.45, 2.75) is 6.54 Å². The first kappa shape index (κ1) is 11.7. The van der Waals surface area contributed by atoms with E-state index >= 15 is 0 Å². The fourth-order valence-electron chi connectivity index (χ4n) is 1.67. The highest BCUT2D eigenvalue weighted by molar-refractivity contribution is 5.65. The molecule has 0 fully saturated rings. The van der Waals surface area contributed by atoms with Crippen molar-refractivity contribution in [2.24, 2.45) is 0 Å². The third-order valence-corrected chi connectivity index (χ3v) is 2.46. The van der Waals surface area contributed by atoms with E-state index in [-0.39, 0.29) is 12.1 Å². The first-order chi connectivity index (χ1) is 8.22. The number of hydrogen-bond acceptors (Lipinski definition) is 2. The third kappa shape index (κ3) is 2.49. The molecule has 0 amide bonds. The van der Waals surface area contributed by atoms with Gasteiger partial charge in [-0.3, -0.25) is 0 Å². The number of hydrogen-bond donors (Lipinski definition) is 2. The lowest BCUT2D eigenvalue weighted by Gasteiger charge is -2.07. The zero-order chi connectivity index (χ0) is 12.3. The van der Waals surface area contributed by atoms with E-state index in [2.05, 4.69) is 0 Å². The van der Waals surface area contributed by atoms with Gasteiger partial charge in [0.15, 0.2) is 11.6 Å². The molecular formula is C13H11F2NO. The van der Waals surface area contributed by atoms with E-state index in [0.29, 0.717) is 11.1 Å². The molecule has 0 atom stereocenters. The largest absolute Gasteiger partial charge is 0.316 e. The smallest absolute Gasteiger partial charge is 0.166 e. The summed E-state index contributed by atoms with van der Waals surface area (Å²) in [7, 11) is 0. The Balaban J connectivity index is 2.53. The minimum absolute atomic E-state index is 0.0665. The molecule has 0 aliphatic rings. The Morgan fingerprint density at radius 3 is 2.41 bits per heavy atom. The van der Waals surface area contributed by atoms with E-state index in [4.69, 9.17) is 5.21 Å². The lowest BCUT2D eigenvalue weighted by atomic mass is 10.0. The molecular weight excluding hydrogens is 224 g/mol. The van der Waals surface area contributed by atoms with Gasteiger partial charge in [-0.2, -0.15) is 0 Å². The van der Waals surface area contributed by atoms with Crippen molar-refractivity contribution in [1.29, 1.82) is 0 Å². The number of rotatable bonds is 3. The van der Waals surface area contributed by atoms with Crippen molar-refractivity contribution < 1.29 is 14.0 Å². The minimum atomic E-state index is -0.920. The Morgan fingerprint density at radius 1 is 1.06 bits per heavy atom. The molecule has 4 heteroatoms. The van der Waals surface area contributed by atoms with Crippen LogP contribution in [0.5, 0.6) is 0 Å². The maximum Gasteiger partial charge on any atom is 0.166 e. The fraction of sp³-hybridized carbons (Fsp3) is 0.0769. The van der Waals surface area contributed by atoms with Crippen LogP contribution in [0.1, 0.15) is 5.56 Å². The van der Waals surface area contributed by atoms with Gasteiger partial charge in [0.05, 0.1) is 0 Å². The summed E-state index contributed by atoms with van der Waals surface area (Å²) in [4.78, 5) is 0. The Morgan fingerprint density at radius 2 is 1.76 bits per heavy atom. The van der Waals surface area contributed by atoms with Crippen LogP contribution in [0.15, 0.2) is 42.5 Å². The predicted octanol–water partition coefficient (Wildman–Crippen LogP) is 3.11. The minimum Gasteiger partial charge on any atom is -0.316 e. The number of nitrogens with one attached hydrogen (secondary N) is 1. The zero-order valence-electron chi connectivity index (χ0n) is 8.95. The van der Waals surface area contributed by atoms with Crippen LogP contribution in [0.25, 0.3) is 11.1 Å². The quantitative estimate of drug-likeness (QED) is 0.801. The molecule has 17 heavy (non-hydrogen) atoms. The second-order valence-corrected chi connectivity index (χ2v) is 3.64. The Labute approximate surface area is 97.5 Å². The fourth-order valence-corrected chi connectivity index (χ4v) is 1.67. The van der Waals surface area contributed by atoms with Crippen molar-refractivity contribution in [3.63, 3.8) is 0 Å². The van der Waals surface area contributed by atoms with Gasteiger partial charge in [0.25, 0.3) is 0 Å². The van der Waals surface area contributed by atoms with Crippen LogP contribution >= 0.6 is 0 Å². The summed E-state index contributed by atoms with van der Waals surface area (Å²) in [6, 6.07) is 11.3. The highest BCUT2D eigenvalue weighted by Crippen LogP contribution is 2.25. The highest BCUT2D eigenvalue weighted by atomic mass is 19.2. The third-order valence-electron chi connectivity index (χ3n) is 2.46. The maximum atomic E-state index is 13.6. The monoisotopic (exact) mass is 235 g/mol. The Kier molecular flexibility index (Phi) is 3.46. The van der Waals surface area contributed by atoms with Crippen LogP contribution in [-0.2, 0) is 6.54 Å². The molecule has 0 saturated carbocycles. The molecule has 0 aliphatic carbocycles. The summed E-state index contributed by atoms with van der Waals surface area (Å²) >= 11 is 0. The van der Waals surface area contributed by atoms with Gasteiger partial charge >= 0.3 is 0 Å². The second kappa shape index (κ2) is 5.03. The molecule has 2 aromatic rings. The van der Waals surface area contributed by atoms with Crippen LogP contribution in [0.4, 0.5) is 8.78 Å². The van der Waals surface area contributed by atoms with Gasteiger partial charge in [-0.15, -0.1) is 0 Å². The molecule has 0 radical (unpaired) electrons. The van der Waals surface area contributed by atoms with Gasteiger partial charge in [0.2, 0.25) is 0 Å². The van der Waals surface area contributed by atoms with Crippen molar-refractivity contribution in [3.05, 3.63) is 59.7 Å². The van der Waals surface area contributed by atoms with E-state index < -0.39 is 11.6 Å². The molecule has 0 unspecified atom stereocenters. The zero-order valence-corrected chi connectivity index (χ0v) is 8.95. The summed E-state index contributed by atoms with van der Waals surface area (Å²) in [5.74, 6) is -1.80. The second-order valence-electron chi connectivity index (χ2n) is 3.64. The van der Waals surface area contributed by atoms with E-state index in [0.717, 1.165) is 6.07 Å². The predicted molar refractivity (Wildman–Crippen MR) is 60.4 cm³/mol. The molecule has 0 aliphatic heterocycles. The lowest BCUT2D eigenvalue weighted by Crippen LogP contribution is -2.07. The van der Waals surface area contributed by atoms with Gasteiger partial charge < -0.3 is 5.21 Å². The average molecular weight is 235 g/mol. The molecule has 0 heterocycles. The first-order valence-corrected chi connectivity index (χ1v) is 5.12. The molecule has 2 aromatic carbocycles. The van der Waals surface area contributed by atoms with Crippen LogP contribution in [0.3, 0.4) is 0 Å². The Bertz CT molecular complexity index is 514. The number of halogens is 2. The molecule has 88 valence electrons. The molecule has 0 bridgehead atoms. The van der Waals surface area contributed by atoms with Crippen molar-refractivity contribution in [1.82, 2.24) is 5.48 Å². The van der Waals surface area contributed by atoms with Gasteiger partial charge in [-0.1, -0.05) is 30.3 Å². The molecule has 2 N–H and O–H groups in total. The topological polar surface area (TPSA) is 32.3 Å². The average Bonchev–Trinajstić information content (AvgIpc) is 2.35. The van der Waals surface area contributed by atoms with E-state index in [1.54, 1.807) is 30.3 Å². The van der Waals surface area contributed by atoms with Gasteiger partial charge in [-0.25, -0.2) is 14.3 Å². The molecule has 2 nitrogen and oxygen atoms in total. The summed E-state index contributed by atoms with van der Waals surface area (Å²) in [5, 5.41) is 8.58. The van der Waals surface area contributed by atoms with Crippen LogP contribution in [0, 0.1) is 11.6 Å². The Hall–Kier alpha value is -1.78. The summed E-state index contributed by atoms with van der Waals surface area (Å²) in [5.41, 5.74) is 3.19. The van der Waals surface area contributed by atoms with Crippen LogP contribution in [0.2, 0.25) is 0 Å². The van der Waals surface area contributed by atoms with Crippen molar-refractivity contribution >= 4 is 0 Å². The summed E-state index contributed by atoms with van der Waals surface area (Å²) in [6.07, 6.45) is 0. The van der Waals surface area contributed by atoms with E-state index in [1.165, 1.54) is 6.07 Å². The van der Waals surface area contributed by atoms with Crippen molar-refractivity contribution in [2.75, 3.05) is 0 Å². The van der Waals surface area contributed by atoms with E-state index in [1.807, 2.05) is 5.48 Å². The molecule has 0 aromatic heterocycles. The van der Waals surface area contributed by atoms with E-state index in [9.17, 15) is 8.78 Å². The lowest BCUT2D eigenvalue weighted by molar-refractivity contribution is 0.161. The molecule has 0 spiro atoms. The SMILES string of the molecule is ONCc1cc(F)c(F)c(-c2ccccc2)c1. The van der Waals surface area contributed by atoms with Gasteiger partial charge in [0, 0.05) is 12.1 Å². The maximum absolute atomic E-state index is 13.6. The standard InChI is InChI=1S/C13H11F2NO/c14-12-7-9(8-16-17)6-11(13(12)15)10-4-2-1-3-5-10/h1-7,16-17H,8H2. The van der Waals surface area contributed by atoms with Gasteiger partial charge in [0.1, 0.15) is 0 Å². The van der Waals surface area contributed by atoms with Crippen LogP contribution < -0.4 is 5.48 Å². The summed E-state index contributed by atoms with van der Waals surface area (Å²) < 4.78 is 27.0. The number of hydroxylamine groups is 1. The highest BCUT2D eigenvalue weighted by Gasteiger charge is 2.12. The first-order valence-electron chi connectivity index (χ1n) is 5.12. The number of benzene rings is 2. The normalized spacial score (nSPS) is 10.5.